The maximum atomic E-state index is 10.9. The van der Waals surface area contributed by atoms with Gasteiger partial charge in [0.05, 0.1) is 29.1 Å². The van der Waals surface area contributed by atoms with Gasteiger partial charge >= 0.3 is 5.97 Å². The molecular weight excluding hydrogens is 254 g/mol. The Balaban J connectivity index is 2.28. The van der Waals surface area contributed by atoms with Crippen LogP contribution in [0, 0.1) is 11.3 Å². The molecule has 0 aliphatic heterocycles. The maximum Gasteiger partial charge on any atom is 0.335 e. The van der Waals surface area contributed by atoms with Gasteiger partial charge in [0.25, 0.3) is 0 Å². The molecule has 0 spiro atoms. The SMILES string of the molecule is CN(Cc1ccccn1)c1ccc(C(=O)O)cc1C#N. The van der Waals surface area contributed by atoms with E-state index in [-0.39, 0.29) is 5.56 Å². The maximum absolute atomic E-state index is 10.9. The molecule has 0 amide bonds. The molecule has 100 valence electrons. The highest BCUT2D eigenvalue weighted by Gasteiger charge is 2.12. The van der Waals surface area contributed by atoms with E-state index in [9.17, 15) is 4.79 Å². The van der Waals surface area contributed by atoms with Gasteiger partial charge in [0.1, 0.15) is 6.07 Å². The van der Waals surface area contributed by atoms with Gasteiger partial charge in [-0.15, -0.1) is 0 Å². The van der Waals surface area contributed by atoms with E-state index >= 15 is 0 Å². The van der Waals surface area contributed by atoms with Gasteiger partial charge in [-0.25, -0.2) is 4.79 Å². The quantitative estimate of drug-likeness (QED) is 0.919. The minimum atomic E-state index is -1.04. The van der Waals surface area contributed by atoms with Gasteiger partial charge in [0.15, 0.2) is 0 Å². The molecular formula is C15H13N3O2. The van der Waals surface area contributed by atoms with Crippen molar-refractivity contribution in [3.05, 3.63) is 59.4 Å². The number of benzene rings is 1. The minimum absolute atomic E-state index is 0.108. The van der Waals surface area contributed by atoms with Crippen molar-refractivity contribution in [1.29, 1.82) is 5.26 Å². The standard InChI is InChI=1S/C15H13N3O2/c1-18(10-13-4-2-3-7-17-13)14-6-5-11(15(19)20)8-12(14)9-16/h2-8H,10H2,1H3,(H,19,20). The second kappa shape index (κ2) is 5.85. The third-order valence-corrected chi connectivity index (χ3v) is 2.90. The Morgan fingerprint density at radius 2 is 2.20 bits per heavy atom. The molecule has 5 nitrogen and oxygen atoms in total. The molecule has 0 atom stereocenters. The average molecular weight is 267 g/mol. The molecule has 1 heterocycles. The van der Waals surface area contributed by atoms with Crippen LogP contribution >= 0.6 is 0 Å². The molecule has 0 fully saturated rings. The van der Waals surface area contributed by atoms with Crippen LogP contribution in [0.25, 0.3) is 0 Å². The molecule has 1 aromatic carbocycles. The number of carbonyl (C=O) groups is 1. The van der Waals surface area contributed by atoms with Gasteiger partial charge in [-0.2, -0.15) is 5.26 Å². The molecule has 0 radical (unpaired) electrons. The number of nitriles is 1. The number of rotatable bonds is 4. The van der Waals surface area contributed by atoms with Crippen LogP contribution in [0.15, 0.2) is 42.6 Å². The fourth-order valence-electron chi connectivity index (χ4n) is 1.91. The topological polar surface area (TPSA) is 77.2 Å². The van der Waals surface area contributed by atoms with Crippen molar-refractivity contribution in [2.75, 3.05) is 11.9 Å². The van der Waals surface area contributed by atoms with Crippen molar-refractivity contribution in [2.24, 2.45) is 0 Å². The Bertz CT molecular complexity index is 663. The van der Waals surface area contributed by atoms with Crippen molar-refractivity contribution in [3.63, 3.8) is 0 Å². The lowest BCUT2D eigenvalue weighted by atomic mass is 10.1. The normalized spacial score (nSPS) is 9.80. The van der Waals surface area contributed by atoms with E-state index in [4.69, 9.17) is 10.4 Å². The molecule has 0 unspecified atom stereocenters. The lowest BCUT2D eigenvalue weighted by molar-refractivity contribution is 0.0697. The van der Waals surface area contributed by atoms with E-state index in [1.54, 1.807) is 12.3 Å². The number of aromatic nitrogens is 1. The molecule has 0 aliphatic carbocycles. The van der Waals surface area contributed by atoms with E-state index in [1.807, 2.05) is 36.2 Å². The number of hydrogen-bond acceptors (Lipinski definition) is 4. The van der Waals surface area contributed by atoms with Crippen LogP contribution in [0.3, 0.4) is 0 Å². The predicted molar refractivity (Wildman–Crippen MR) is 74.5 cm³/mol. The van der Waals surface area contributed by atoms with E-state index in [2.05, 4.69) is 4.98 Å². The molecule has 5 heteroatoms. The first-order valence-corrected chi connectivity index (χ1v) is 6.00. The highest BCUT2D eigenvalue weighted by Crippen LogP contribution is 2.21. The summed E-state index contributed by atoms with van der Waals surface area (Å²) in [5.74, 6) is -1.04. The highest BCUT2D eigenvalue weighted by atomic mass is 16.4. The van der Waals surface area contributed by atoms with Crippen LogP contribution in [-0.4, -0.2) is 23.1 Å². The Kier molecular flexibility index (Phi) is 3.96. The zero-order chi connectivity index (χ0) is 14.5. The summed E-state index contributed by atoms with van der Waals surface area (Å²) in [6, 6.07) is 12.2. The van der Waals surface area contributed by atoms with E-state index in [1.165, 1.54) is 12.1 Å². The summed E-state index contributed by atoms with van der Waals surface area (Å²) in [4.78, 5) is 17.0. The number of nitrogens with zero attached hydrogens (tertiary/aromatic N) is 3. The number of carboxylic acids is 1. The van der Waals surface area contributed by atoms with Crippen molar-refractivity contribution < 1.29 is 9.90 Å². The Labute approximate surface area is 116 Å². The third-order valence-electron chi connectivity index (χ3n) is 2.90. The van der Waals surface area contributed by atoms with Gasteiger partial charge < -0.3 is 10.0 Å². The van der Waals surface area contributed by atoms with Gasteiger partial charge in [-0.3, -0.25) is 4.98 Å². The fourth-order valence-corrected chi connectivity index (χ4v) is 1.91. The van der Waals surface area contributed by atoms with Crippen LogP contribution in [0.5, 0.6) is 0 Å². The monoisotopic (exact) mass is 267 g/mol. The van der Waals surface area contributed by atoms with E-state index < -0.39 is 5.97 Å². The number of pyridine rings is 1. The largest absolute Gasteiger partial charge is 0.478 e. The molecule has 0 bridgehead atoms. The summed E-state index contributed by atoms with van der Waals surface area (Å²) in [6.07, 6.45) is 1.71. The van der Waals surface area contributed by atoms with Crippen LogP contribution in [0.1, 0.15) is 21.6 Å². The molecule has 2 rings (SSSR count). The lowest BCUT2D eigenvalue weighted by Gasteiger charge is -2.20. The van der Waals surface area contributed by atoms with Crippen molar-refractivity contribution in [2.45, 2.75) is 6.54 Å². The molecule has 0 aliphatic rings. The van der Waals surface area contributed by atoms with Gasteiger partial charge in [0.2, 0.25) is 0 Å². The Hall–Kier alpha value is -2.87. The third kappa shape index (κ3) is 2.93. The molecule has 20 heavy (non-hydrogen) atoms. The van der Waals surface area contributed by atoms with E-state index in [0.29, 0.717) is 17.8 Å². The van der Waals surface area contributed by atoms with Crippen LogP contribution in [-0.2, 0) is 6.54 Å². The minimum Gasteiger partial charge on any atom is -0.478 e. The first-order valence-electron chi connectivity index (χ1n) is 6.00. The summed E-state index contributed by atoms with van der Waals surface area (Å²) < 4.78 is 0. The molecule has 2 aromatic rings. The number of hydrogen-bond donors (Lipinski definition) is 1. The molecule has 0 saturated heterocycles. The molecule has 1 aromatic heterocycles. The second-order valence-electron chi connectivity index (χ2n) is 4.33. The fraction of sp³-hybridized carbons (Fsp3) is 0.133. The predicted octanol–water partition coefficient (Wildman–Crippen LogP) is 2.29. The van der Waals surface area contributed by atoms with Crippen LogP contribution in [0.4, 0.5) is 5.69 Å². The van der Waals surface area contributed by atoms with Crippen LogP contribution < -0.4 is 4.90 Å². The Morgan fingerprint density at radius 1 is 1.40 bits per heavy atom. The van der Waals surface area contributed by atoms with Crippen molar-refractivity contribution in [3.8, 4) is 6.07 Å². The number of aromatic carboxylic acids is 1. The summed E-state index contributed by atoms with van der Waals surface area (Å²) in [5, 5.41) is 18.1. The zero-order valence-electron chi connectivity index (χ0n) is 10.9. The first-order chi connectivity index (χ1) is 9.61. The van der Waals surface area contributed by atoms with Gasteiger partial charge in [-0.1, -0.05) is 6.07 Å². The van der Waals surface area contributed by atoms with Crippen molar-refractivity contribution >= 4 is 11.7 Å². The smallest absolute Gasteiger partial charge is 0.335 e. The lowest BCUT2D eigenvalue weighted by Crippen LogP contribution is -2.18. The summed E-state index contributed by atoms with van der Waals surface area (Å²) in [5.41, 5.74) is 2.00. The summed E-state index contributed by atoms with van der Waals surface area (Å²) >= 11 is 0. The van der Waals surface area contributed by atoms with E-state index in [0.717, 1.165) is 5.69 Å². The summed E-state index contributed by atoms with van der Waals surface area (Å²) in [6.45, 7) is 0.544. The first kappa shape index (κ1) is 13.6. The Morgan fingerprint density at radius 3 is 2.80 bits per heavy atom. The average Bonchev–Trinajstić information content (AvgIpc) is 2.47. The summed E-state index contributed by atoms with van der Waals surface area (Å²) in [7, 11) is 1.84. The number of carboxylic acid groups (broad SMARTS) is 1. The van der Waals surface area contributed by atoms with Gasteiger partial charge in [0, 0.05) is 13.2 Å². The number of anilines is 1. The molecule has 0 saturated carbocycles. The zero-order valence-corrected chi connectivity index (χ0v) is 10.9. The highest BCUT2D eigenvalue weighted by molar-refractivity contribution is 5.89. The van der Waals surface area contributed by atoms with Gasteiger partial charge in [-0.05, 0) is 30.3 Å². The van der Waals surface area contributed by atoms with Crippen molar-refractivity contribution in [1.82, 2.24) is 4.98 Å². The molecule has 1 N–H and O–H groups in total. The second-order valence-corrected chi connectivity index (χ2v) is 4.33. The van der Waals surface area contributed by atoms with Crippen LogP contribution in [0.2, 0.25) is 0 Å².